The van der Waals surface area contributed by atoms with Crippen molar-refractivity contribution in [3.05, 3.63) is 48.0 Å². The molecule has 0 bridgehead atoms. The molecule has 3 aromatic rings. The summed E-state index contributed by atoms with van der Waals surface area (Å²) >= 11 is 0. The van der Waals surface area contributed by atoms with Crippen molar-refractivity contribution < 1.29 is 9.90 Å². The van der Waals surface area contributed by atoms with E-state index in [2.05, 4.69) is 37.9 Å². The first kappa shape index (κ1) is 18.5. The maximum absolute atomic E-state index is 13.3. The lowest BCUT2D eigenvalue weighted by Crippen LogP contribution is -2.42. The Morgan fingerprint density at radius 1 is 1.12 bits per heavy atom. The number of aliphatic hydroxyl groups excluding tert-OH is 1. The third-order valence-electron chi connectivity index (χ3n) is 4.95. The molecule has 2 aromatic carbocycles. The SMILES string of the molecule is CCC(CCO)N(CC(C)C)C(=O)c1ccc2[nH]c3ccccc3c2c1. The number of H-pyrrole nitrogens is 1. The Hall–Kier alpha value is -2.33. The average Bonchev–Trinajstić information content (AvgIpc) is 3.01. The highest BCUT2D eigenvalue weighted by atomic mass is 16.3. The van der Waals surface area contributed by atoms with Gasteiger partial charge in [0.25, 0.3) is 5.91 Å². The summed E-state index contributed by atoms with van der Waals surface area (Å²) in [5, 5.41) is 11.6. The van der Waals surface area contributed by atoms with Crippen molar-refractivity contribution in [3.8, 4) is 0 Å². The molecular formula is C22H28N2O2. The van der Waals surface area contributed by atoms with Crippen molar-refractivity contribution in [2.24, 2.45) is 5.92 Å². The maximum Gasteiger partial charge on any atom is 0.254 e. The second-order valence-electron chi connectivity index (χ2n) is 7.36. The Morgan fingerprint density at radius 3 is 2.54 bits per heavy atom. The minimum Gasteiger partial charge on any atom is -0.396 e. The standard InChI is InChI=1S/C22H28N2O2/c1-4-17(11-12-25)24(14-15(2)3)22(26)16-9-10-21-19(13-16)18-7-5-6-8-20(18)23-21/h5-10,13,15,17,23,25H,4,11-12,14H2,1-3H3. The summed E-state index contributed by atoms with van der Waals surface area (Å²) in [7, 11) is 0. The van der Waals surface area contributed by atoms with Crippen molar-refractivity contribution in [1.82, 2.24) is 9.88 Å². The fourth-order valence-electron chi connectivity index (χ4n) is 3.67. The number of hydrogen-bond acceptors (Lipinski definition) is 2. The molecule has 1 atom stereocenters. The zero-order valence-electron chi connectivity index (χ0n) is 15.8. The lowest BCUT2D eigenvalue weighted by atomic mass is 10.0. The fraction of sp³-hybridized carbons (Fsp3) is 0.409. The molecular weight excluding hydrogens is 324 g/mol. The van der Waals surface area contributed by atoms with Gasteiger partial charge in [0.05, 0.1) is 0 Å². The van der Waals surface area contributed by atoms with E-state index < -0.39 is 0 Å². The van der Waals surface area contributed by atoms with Crippen molar-refractivity contribution in [2.45, 2.75) is 39.7 Å². The van der Waals surface area contributed by atoms with Gasteiger partial charge in [-0.2, -0.15) is 0 Å². The number of nitrogens with one attached hydrogen (secondary N) is 1. The molecule has 0 spiro atoms. The number of para-hydroxylation sites is 1. The van der Waals surface area contributed by atoms with Crippen LogP contribution >= 0.6 is 0 Å². The van der Waals surface area contributed by atoms with Crippen LogP contribution in [0.3, 0.4) is 0 Å². The van der Waals surface area contributed by atoms with Crippen LogP contribution in [0.25, 0.3) is 21.8 Å². The fourth-order valence-corrected chi connectivity index (χ4v) is 3.67. The van der Waals surface area contributed by atoms with Gasteiger partial charge in [0.15, 0.2) is 0 Å². The highest BCUT2D eigenvalue weighted by molar-refractivity contribution is 6.10. The summed E-state index contributed by atoms with van der Waals surface area (Å²) < 4.78 is 0. The van der Waals surface area contributed by atoms with Gasteiger partial charge in [0.2, 0.25) is 0 Å². The number of aromatic amines is 1. The van der Waals surface area contributed by atoms with Gasteiger partial charge in [-0.3, -0.25) is 4.79 Å². The minimum atomic E-state index is 0.0474. The molecule has 0 aliphatic rings. The van der Waals surface area contributed by atoms with Crippen LogP contribution in [-0.4, -0.2) is 40.1 Å². The molecule has 0 saturated heterocycles. The van der Waals surface area contributed by atoms with Gasteiger partial charge in [-0.15, -0.1) is 0 Å². The number of aliphatic hydroxyl groups is 1. The van der Waals surface area contributed by atoms with E-state index in [1.807, 2.05) is 35.2 Å². The van der Waals surface area contributed by atoms with Gasteiger partial charge in [0, 0.05) is 46.6 Å². The summed E-state index contributed by atoms with van der Waals surface area (Å²) in [6, 6.07) is 14.1. The topological polar surface area (TPSA) is 56.3 Å². The quantitative estimate of drug-likeness (QED) is 0.654. The lowest BCUT2D eigenvalue weighted by molar-refractivity contribution is 0.0613. The Bertz CT molecular complexity index is 897. The molecule has 0 radical (unpaired) electrons. The largest absolute Gasteiger partial charge is 0.396 e. The van der Waals surface area contributed by atoms with Crippen LogP contribution in [0.1, 0.15) is 44.0 Å². The second kappa shape index (κ2) is 7.92. The van der Waals surface area contributed by atoms with E-state index in [0.717, 1.165) is 28.2 Å². The summed E-state index contributed by atoms with van der Waals surface area (Å²) in [5.74, 6) is 0.426. The lowest BCUT2D eigenvalue weighted by Gasteiger charge is -2.32. The van der Waals surface area contributed by atoms with Gasteiger partial charge < -0.3 is 15.0 Å². The molecule has 2 N–H and O–H groups in total. The Balaban J connectivity index is 2.01. The molecule has 0 aliphatic heterocycles. The molecule has 1 amide bonds. The summed E-state index contributed by atoms with van der Waals surface area (Å²) in [4.78, 5) is 18.6. The smallest absolute Gasteiger partial charge is 0.254 e. The van der Waals surface area contributed by atoms with E-state index in [9.17, 15) is 9.90 Å². The van der Waals surface area contributed by atoms with Gasteiger partial charge in [-0.1, -0.05) is 39.0 Å². The van der Waals surface area contributed by atoms with Crippen molar-refractivity contribution in [1.29, 1.82) is 0 Å². The summed E-state index contributed by atoms with van der Waals surface area (Å²) in [6.45, 7) is 7.11. The highest BCUT2D eigenvalue weighted by Crippen LogP contribution is 2.27. The van der Waals surface area contributed by atoms with E-state index >= 15 is 0 Å². The normalized spacial score (nSPS) is 12.8. The van der Waals surface area contributed by atoms with Crippen molar-refractivity contribution in [2.75, 3.05) is 13.2 Å². The first-order chi connectivity index (χ1) is 12.5. The molecule has 4 heteroatoms. The monoisotopic (exact) mass is 352 g/mol. The first-order valence-electron chi connectivity index (χ1n) is 9.47. The number of amides is 1. The van der Waals surface area contributed by atoms with Crippen LogP contribution in [0.2, 0.25) is 0 Å². The van der Waals surface area contributed by atoms with E-state index in [1.165, 1.54) is 0 Å². The summed E-state index contributed by atoms with van der Waals surface area (Å²) in [5.41, 5.74) is 2.83. The van der Waals surface area contributed by atoms with Gasteiger partial charge in [-0.05, 0) is 43.0 Å². The zero-order chi connectivity index (χ0) is 18.7. The Kier molecular flexibility index (Phi) is 5.62. The number of fused-ring (bicyclic) bond motifs is 3. The maximum atomic E-state index is 13.3. The zero-order valence-corrected chi connectivity index (χ0v) is 15.8. The van der Waals surface area contributed by atoms with Crippen LogP contribution in [0.5, 0.6) is 0 Å². The van der Waals surface area contributed by atoms with Gasteiger partial charge in [0.1, 0.15) is 0 Å². The molecule has 0 saturated carbocycles. The number of rotatable bonds is 7. The predicted molar refractivity (Wildman–Crippen MR) is 107 cm³/mol. The predicted octanol–water partition coefficient (Wildman–Crippen LogP) is 4.58. The van der Waals surface area contributed by atoms with Crippen LogP contribution in [0, 0.1) is 5.92 Å². The molecule has 0 fully saturated rings. The molecule has 0 aliphatic carbocycles. The van der Waals surface area contributed by atoms with Crippen LogP contribution in [0.15, 0.2) is 42.5 Å². The van der Waals surface area contributed by atoms with Crippen molar-refractivity contribution >= 4 is 27.7 Å². The third-order valence-corrected chi connectivity index (χ3v) is 4.95. The number of benzene rings is 2. The molecule has 4 nitrogen and oxygen atoms in total. The van der Waals surface area contributed by atoms with Crippen molar-refractivity contribution in [3.63, 3.8) is 0 Å². The number of carbonyl (C=O) groups is 1. The van der Waals surface area contributed by atoms with E-state index in [-0.39, 0.29) is 18.6 Å². The third kappa shape index (κ3) is 3.61. The number of aromatic nitrogens is 1. The minimum absolute atomic E-state index is 0.0474. The molecule has 1 aromatic heterocycles. The Morgan fingerprint density at radius 2 is 1.85 bits per heavy atom. The van der Waals surface area contributed by atoms with Crippen LogP contribution in [0.4, 0.5) is 0 Å². The average molecular weight is 352 g/mol. The van der Waals surface area contributed by atoms with Crippen LogP contribution in [-0.2, 0) is 0 Å². The first-order valence-corrected chi connectivity index (χ1v) is 9.47. The van der Waals surface area contributed by atoms with E-state index in [4.69, 9.17) is 0 Å². The Labute approximate surface area is 154 Å². The van der Waals surface area contributed by atoms with E-state index in [1.54, 1.807) is 0 Å². The number of hydrogen-bond donors (Lipinski definition) is 2. The molecule has 1 heterocycles. The highest BCUT2D eigenvalue weighted by Gasteiger charge is 2.24. The molecule has 26 heavy (non-hydrogen) atoms. The van der Waals surface area contributed by atoms with E-state index in [0.29, 0.717) is 24.4 Å². The molecule has 1 unspecified atom stereocenters. The second-order valence-corrected chi connectivity index (χ2v) is 7.36. The van der Waals surface area contributed by atoms with Gasteiger partial charge >= 0.3 is 0 Å². The number of nitrogens with zero attached hydrogens (tertiary/aromatic N) is 1. The summed E-state index contributed by atoms with van der Waals surface area (Å²) in [6.07, 6.45) is 1.46. The molecule has 138 valence electrons. The van der Waals surface area contributed by atoms with Gasteiger partial charge in [-0.25, -0.2) is 0 Å². The molecule has 3 rings (SSSR count). The van der Waals surface area contributed by atoms with Crippen LogP contribution < -0.4 is 0 Å². The number of carbonyl (C=O) groups excluding carboxylic acids is 1.